The number of Topliss-reactive ketones (excluding diaryl/α,β-unsaturated/α-hetero) is 1. The van der Waals surface area contributed by atoms with Crippen LogP contribution in [-0.4, -0.2) is 36.0 Å². The zero-order valence-electron chi connectivity index (χ0n) is 17.7. The number of halogens is 2. The predicted octanol–water partition coefficient (Wildman–Crippen LogP) is 3.08. The number of amides is 1. The average Bonchev–Trinajstić information content (AvgIpc) is 3.06. The highest BCUT2D eigenvalue weighted by atomic mass is 19.2. The Hall–Kier alpha value is -3.07. The van der Waals surface area contributed by atoms with E-state index in [2.05, 4.69) is 4.98 Å². The third kappa shape index (κ3) is 3.85. The zero-order valence-corrected chi connectivity index (χ0v) is 17.7. The molecule has 4 atom stereocenters. The van der Waals surface area contributed by atoms with Crippen molar-refractivity contribution in [3.05, 3.63) is 52.9 Å². The number of ether oxygens (including phenoxy) is 2. The summed E-state index contributed by atoms with van der Waals surface area (Å²) in [5.41, 5.74) is 11.2. The van der Waals surface area contributed by atoms with Gasteiger partial charge < -0.3 is 20.9 Å². The second-order valence-electron chi connectivity index (χ2n) is 7.98. The second-order valence-corrected chi connectivity index (χ2v) is 7.98. The number of carbonyl (C=O) groups excluding carboxylic acids is 2. The topological polar surface area (TPSA) is 118 Å². The van der Waals surface area contributed by atoms with Crippen LogP contribution in [0.25, 0.3) is 0 Å². The molecule has 166 valence electrons. The van der Waals surface area contributed by atoms with E-state index < -0.39 is 35.3 Å². The van der Waals surface area contributed by atoms with Gasteiger partial charge >= 0.3 is 0 Å². The molecule has 3 rings (SSSR count). The minimum Gasteiger partial charge on any atom is -0.493 e. The molecule has 0 spiro atoms. The number of benzene rings is 1. The first kappa shape index (κ1) is 22.6. The lowest BCUT2D eigenvalue weighted by atomic mass is 9.78. The van der Waals surface area contributed by atoms with Gasteiger partial charge in [0.05, 0.1) is 18.9 Å². The Morgan fingerprint density at radius 2 is 1.90 bits per heavy atom. The molecule has 1 aliphatic rings. The molecule has 0 unspecified atom stereocenters. The Morgan fingerprint density at radius 1 is 1.23 bits per heavy atom. The van der Waals surface area contributed by atoms with Gasteiger partial charge in [0.1, 0.15) is 6.10 Å². The molecule has 0 saturated carbocycles. The van der Waals surface area contributed by atoms with Crippen molar-refractivity contribution >= 4 is 17.4 Å². The summed E-state index contributed by atoms with van der Waals surface area (Å²) in [6.45, 7) is 5.77. The molecule has 31 heavy (non-hydrogen) atoms. The maximum Gasteiger partial charge on any atom is 0.269 e. The van der Waals surface area contributed by atoms with Crippen LogP contribution in [0.2, 0.25) is 0 Å². The summed E-state index contributed by atoms with van der Waals surface area (Å²) in [6.07, 6.45) is -0.142. The first-order valence-corrected chi connectivity index (χ1v) is 9.85. The molecule has 4 N–H and O–H groups in total. The second kappa shape index (κ2) is 8.58. The molecule has 2 aromatic rings. The van der Waals surface area contributed by atoms with Crippen LogP contribution in [-0.2, 0) is 4.74 Å². The molecular formula is C22H25F2N3O4. The third-order valence-corrected chi connectivity index (χ3v) is 5.76. The Morgan fingerprint density at radius 3 is 2.48 bits per heavy atom. The van der Waals surface area contributed by atoms with Gasteiger partial charge in [0, 0.05) is 23.2 Å². The molecule has 1 aliphatic heterocycles. The van der Waals surface area contributed by atoms with E-state index in [-0.39, 0.29) is 40.6 Å². The maximum absolute atomic E-state index is 14.5. The average molecular weight is 433 g/mol. The molecule has 1 aromatic carbocycles. The number of aromatic nitrogens is 1. The number of primary amides is 1. The first-order valence-electron chi connectivity index (χ1n) is 9.85. The highest BCUT2D eigenvalue weighted by Gasteiger charge is 2.49. The lowest BCUT2D eigenvalue weighted by molar-refractivity contribution is 0.0114. The van der Waals surface area contributed by atoms with E-state index in [4.69, 9.17) is 20.9 Å². The van der Waals surface area contributed by atoms with Gasteiger partial charge in [-0.15, -0.1) is 0 Å². The fourth-order valence-corrected chi connectivity index (χ4v) is 4.35. The van der Waals surface area contributed by atoms with Gasteiger partial charge in [0.15, 0.2) is 23.0 Å². The smallest absolute Gasteiger partial charge is 0.269 e. The minimum absolute atomic E-state index is 0.0250. The van der Waals surface area contributed by atoms with Gasteiger partial charge in [-0.3, -0.25) is 9.59 Å². The quantitative estimate of drug-likeness (QED) is 0.676. The SMILES string of the molecule is COc1c([C@H]2[C@@H](C)[C@@H](C(C)C)O[C@H]2C(=O)c2ccnc(C(N)=O)c2N)ccc(F)c1F. The Bertz CT molecular complexity index is 1030. The lowest BCUT2D eigenvalue weighted by Gasteiger charge is -2.24. The number of methoxy groups -OCH3 is 1. The van der Waals surface area contributed by atoms with E-state index in [1.807, 2.05) is 20.8 Å². The minimum atomic E-state index is -1.13. The highest BCUT2D eigenvalue weighted by molar-refractivity contribution is 6.08. The van der Waals surface area contributed by atoms with Gasteiger partial charge in [-0.05, 0) is 24.0 Å². The largest absolute Gasteiger partial charge is 0.493 e. The zero-order chi connectivity index (χ0) is 23.0. The number of hydrogen-bond donors (Lipinski definition) is 2. The van der Waals surface area contributed by atoms with Crippen LogP contribution in [0, 0.1) is 23.5 Å². The third-order valence-electron chi connectivity index (χ3n) is 5.76. The molecule has 1 aromatic heterocycles. The van der Waals surface area contributed by atoms with Crippen LogP contribution in [0.3, 0.4) is 0 Å². The molecule has 1 saturated heterocycles. The fraction of sp³-hybridized carbons (Fsp3) is 0.409. The highest BCUT2D eigenvalue weighted by Crippen LogP contribution is 2.47. The number of pyridine rings is 1. The number of anilines is 1. The maximum atomic E-state index is 14.5. The Balaban J connectivity index is 2.14. The predicted molar refractivity (Wildman–Crippen MR) is 110 cm³/mol. The van der Waals surface area contributed by atoms with Crippen LogP contribution in [0.15, 0.2) is 24.4 Å². The monoisotopic (exact) mass is 433 g/mol. The van der Waals surface area contributed by atoms with Crippen molar-refractivity contribution in [1.82, 2.24) is 4.98 Å². The lowest BCUT2D eigenvalue weighted by Crippen LogP contribution is -2.29. The summed E-state index contributed by atoms with van der Waals surface area (Å²) in [5.74, 6) is -4.67. The summed E-state index contributed by atoms with van der Waals surface area (Å²) >= 11 is 0. The summed E-state index contributed by atoms with van der Waals surface area (Å²) in [6, 6.07) is 3.77. The number of rotatable bonds is 6. The van der Waals surface area contributed by atoms with E-state index in [1.165, 1.54) is 25.4 Å². The van der Waals surface area contributed by atoms with E-state index in [9.17, 15) is 18.4 Å². The van der Waals surface area contributed by atoms with Crippen LogP contribution < -0.4 is 16.2 Å². The van der Waals surface area contributed by atoms with E-state index in [1.54, 1.807) is 0 Å². The number of nitrogen functional groups attached to an aromatic ring is 1. The molecule has 1 fully saturated rings. The number of hydrogen-bond acceptors (Lipinski definition) is 6. The molecule has 0 bridgehead atoms. The fourth-order valence-electron chi connectivity index (χ4n) is 4.35. The summed E-state index contributed by atoms with van der Waals surface area (Å²) in [5, 5.41) is 0. The summed E-state index contributed by atoms with van der Waals surface area (Å²) < 4.78 is 39.5. The Kier molecular flexibility index (Phi) is 6.26. The number of nitrogens with zero attached hydrogens (tertiary/aromatic N) is 1. The first-order chi connectivity index (χ1) is 14.6. The van der Waals surface area contributed by atoms with Crippen molar-refractivity contribution in [2.24, 2.45) is 17.6 Å². The molecule has 0 aliphatic carbocycles. The molecule has 2 heterocycles. The standard InChI is InChI=1S/C22H25F2N3O4/c1-9(2)19-10(3)14(11-5-6-13(23)15(24)20(11)30-4)21(31-19)18(28)12-7-8-27-17(16(12)25)22(26)29/h5-10,14,19,21H,25H2,1-4H3,(H2,26,29)/t10-,14-,19-,21-/m1/s1. The van der Waals surface area contributed by atoms with Crippen LogP contribution in [0.1, 0.15) is 53.1 Å². The van der Waals surface area contributed by atoms with E-state index in [0.717, 1.165) is 6.07 Å². The van der Waals surface area contributed by atoms with Crippen molar-refractivity contribution in [3.63, 3.8) is 0 Å². The van der Waals surface area contributed by atoms with Crippen molar-refractivity contribution in [1.29, 1.82) is 0 Å². The van der Waals surface area contributed by atoms with Crippen molar-refractivity contribution < 1.29 is 27.8 Å². The molecule has 7 nitrogen and oxygen atoms in total. The van der Waals surface area contributed by atoms with Crippen molar-refractivity contribution in [2.75, 3.05) is 12.8 Å². The van der Waals surface area contributed by atoms with Crippen molar-refractivity contribution in [2.45, 2.75) is 38.9 Å². The molecule has 1 amide bonds. The van der Waals surface area contributed by atoms with Crippen LogP contribution in [0.4, 0.5) is 14.5 Å². The summed E-state index contributed by atoms with van der Waals surface area (Å²) in [7, 11) is 1.23. The van der Waals surface area contributed by atoms with Crippen LogP contribution >= 0.6 is 0 Å². The number of ketones is 1. The van der Waals surface area contributed by atoms with Crippen LogP contribution in [0.5, 0.6) is 5.75 Å². The van der Waals surface area contributed by atoms with E-state index in [0.29, 0.717) is 5.56 Å². The van der Waals surface area contributed by atoms with Gasteiger partial charge in [0.25, 0.3) is 5.91 Å². The number of carbonyl (C=O) groups is 2. The van der Waals surface area contributed by atoms with E-state index >= 15 is 0 Å². The normalized spacial score (nSPS) is 23.2. The van der Waals surface area contributed by atoms with Gasteiger partial charge in [-0.2, -0.15) is 4.39 Å². The summed E-state index contributed by atoms with van der Waals surface area (Å²) in [4.78, 5) is 28.9. The van der Waals surface area contributed by atoms with Gasteiger partial charge in [0.2, 0.25) is 5.82 Å². The molecule has 9 heteroatoms. The van der Waals surface area contributed by atoms with Gasteiger partial charge in [-0.25, -0.2) is 9.37 Å². The van der Waals surface area contributed by atoms with Crippen molar-refractivity contribution in [3.8, 4) is 5.75 Å². The Labute approximate surface area is 178 Å². The number of nitrogens with two attached hydrogens (primary N) is 2. The van der Waals surface area contributed by atoms with Gasteiger partial charge in [-0.1, -0.05) is 26.8 Å². The molecular weight excluding hydrogens is 408 g/mol. The molecule has 0 radical (unpaired) electrons.